The first-order valence-electron chi connectivity index (χ1n) is 5.37. The number of amides is 1. The quantitative estimate of drug-likeness (QED) is 0.806. The van der Waals surface area contributed by atoms with Gasteiger partial charge < -0.3 is 11.1 Å². The van der Waals surface area contributed by atoms with Crippen LogP contribution >= 0.6 is 0 Å². The van der Waals surface area contributed by atoms with Crippen LogP contribution in [0.3, 0.4) is 0 Å². The lowest BCUT2D eigenvalue weighted by molar-refractivity contribution is -0.116. The van der Waals surface area contributed by atoms with Gasteiger partial charge in [-0.1, -0.05) is 0 Å². The summed E-state index contributed by atoms with van der Waals surface area (Å²) in [6, 6.07) is 0. The number of hydrogen-bond acceptors (Lipinski definition) is 3. The highest BCUT2D eigenvalue weighted by atomic mass is 16.1. The Bertz CT molecular complexity index is 376. The second-order valence-corrected chi connectivity index (χ2v) is 4.84. The Hall–Kier alpha value is -1.36. The number of nitrogens with two attached hydrogens (primary N) is 1. The van der Waals surface area contributed by atoms with Crippen LogP contribution in [0.1, 0.15) is 32.4 Å². The monoisotopic (exact) mass is 224 g/mol. The third kappa shape index (κ3) is 4.02. The molecule has 5 heteroatoms. The van der Waals surface area contributed by atoms with Gasteiger partial charge in [-0.25, -0.2) is 0 Å². The number of nitrogens with zero attached hydrogens (tertiary/aromatic N) is 2. The van der Waals surface area contributed by atoms with Crippen molar-refractivity contribution >= 4 is 11.6 Å². The van der Waals surface area contributed by atoms with E-state index in [1.165, 1.54) is 0 Å². The molecule has 0 aliphatic carbocycles. The highest BCUT2D eigenvalue weighted by molar-refractivity contribution is 5.91. The number of carbonyl (C=O) groups is 1. The first-order chi connectivity index (χ1) is 7.28. The molecule has 0 unspecified atom stereocenters. The summed E-state index contributed by atoms with van der Waals surface area (Å²) < 4.78 is 1.68. The van der Waals surface area contributed by atoms with E-state index >= 15 is 0 Å². The van der Waals surface area contributed by atoms with E-state index in [2.05, 4.69) is 10.4 Å². The smallest absolute Gasteiger partial charge is 0.224 e. The highest BCUT2D eigenvalue weighted by Crippen LogP contribution is 2.13. The van der Waals surface area contributed by atoms with Crippen molar-refractivity contribution in [3.63, 3.8) is 0 Å². The number of rotatable bonds is 4. The molecular formula is C11H20N4O. The van der Waals surface area contributed by atoms with E-state index in [1.807, 2.05) is 27.8 Å². The van der Waals surface area contributed by atoms with E-state index in [1.54, 1.807) is 10.9 Å². The molecule has 90 valence electrons. The molecule has 0 aromatic carbocycles. The molecule has 0 saturated heterocycles. The second-order valence-electron chi connectivity index (χ2n) is 4.84. The Kier molecular flexibility index (Phi) is 3.70. The zero-order valence-corrected chi connectivity index (χ0v) is 10.4. The average molecular weight is 224 g/mol. The zero-order chi connectivity index (χ0) is 12.3. The van der Waals surface area contributed by atoms with E-state index in [9.17, 15) is 4.79 Å². The first-order valence-corrected chi connectivity index (χ1v) is 5.37. The molecule has 1 aromatic heterocycles. The van der Waals surface area contributed by atoms with E-state index in [0.717, 1.165) is 11.4 Å². The Morgan fingerprint density at radius 1 is 1.62 bits per heavy atom. The van der Waals surface area contributed by atoms with Gasteiger partial charge in [0, 0.05) is 25.2 Å². The minimum absolute atomic E-state index is 0.0189. The van der Waals surface area contributed by atoms with Crippen LogP contribution in [0.2, 0.25) is 0 Å². The molecule has 1 heterocycles. The van der Waals surface area contributed by atoms with Gasteiger partial charge >= 0.3 is 0 Å². The van der Waals surface area contributed by atoms with Crippen molar-refractivity contribution in [2.75, 3.05) is 5.32 Å². The highest BCUT2D eigenvalue weighted by Gasteiger charge is 2.14. The molecule has 0 atom stereocenters. The fourth-order valence-corrected chi connectivity index (χ4v) is 1.37. The molecule has 0 fully saturated rings. The van der Waals surface area contributed by atoms with Gasteiger partial charge in [0.25, 0.3) is 0 Å². The molecule has 0 bridgehead atoms. The number of aromatic nitrogens is 2. The van der Waals surface area contributed by atoms with Gasteiger partial charge in [-0.15, -0.1) is 0 Å². The predicted octanol–water partition coefficient (Wildman–Crippen LogP) is 1.18. The number of nitrogens with one attached hydrogen (secondary N) is 1. The van der Waals surface area contributed by atoms with Gasteiger partial charge in [0.05, 0.1) is 11.4 Å². The van der Waals surface area contributed by atoms with Crippen LogP contribution in [-0.4, -0.2) is 21.2 Å². The number of anilines is 1. The molecule has 5 nitrogen and oxygen atoms in total. The molecule has 1 aromatic rings. The summed E-state index contributed by atoms with van der Waals surface area (Å²) in [5.74, 6) is -0.0189. The maximum Gasteiger partial charge on any atom is 0.224 e. The summed E-state index contributed by atoms with van der Waals surface area (Å²) in [6.07, 6.45) is 2.89. The lowest BCUT2D eigenvalue weighted by atomic mass is 10.00. The Balaban J connectivity index is 2.49. The minimum atomic E-state index is -0.304. The summed E-state index contributed by atoms with van der Waals surface area (Å²) in [6.45, 7) is 5.69. The molecule has 0 spiro atoms. The van der Waals surface area contributed by atoms with E-state index in [-0.39, 0.29) is 11.4 Å². The van der Waals surface area contributed by atoms with Crippen LogP contribution < -0.4 is 11.1 Å². The topological polar surface area (TPSA) is 72.9 Å². The van der Waals surface area contributed by atoms with Gasteiger partial charge in [-0.3, -0.25) is 9.48 Å². The molecule has 16 heavy (non-hydrogen) atoms. The zero-order valence-electron chi connectivity index (χ0n) is 10.4. The molecule has 0 aliphatic rings. The summed E-state index contributed by atoms with van der Waals surface area (Å²) in [5, 5.41) is 6.98. The van der Waals surface area contributed by atoms with Gasteiger partial charge in [0.15, 0.2) is 0 Å². The van der Waals surface area contributed by atoms with Crippen molar-refractivity contribution in [3.05, 3.63) is 11.9 Å². The summed E-state index contributed by atoms with van der Waals surface area (Å²) >= 11 is 0. The average Bonchev–Trinajstić information content (AvgIpc) is 2.41. The molecule has 0 saturated carbocycles. The normalized spacial score (nSPS) is 11.6. The second kappa shape index (κ2) is 4.65. The van der Waals surface area contributed by atoms with Gasteiger partial charge in [0.2, 0.25) is 5.91 Å². The largest absolute Gasteiger partial charge is 0.326 e. The fourth-order valence-electron chi connectivity index (χ4n) is 1.37. The Labute approximate surface area is 96.0 Å². The van der Waals surface area contributed by atoms with Crippen LogP contribution in [-0.2, 0) is 11.8 Å². The first kappa shape index (κ1) is 12.7. The number of aryl methyl sites for hydroxylation is 2. The molecule has 0 radical (unpaired) electrons. The van der Waals surface area contributed by atoms with Gasteiger partial charge in [-0.2, -0.15) is 5.10 Å². The van der Waals surface area contributed by atoms with Crippen LogP contribution in [0.4, 0.5) is 5.69 Å². The Morgan fingerprint density at radius 3 is 2.69 bits per heavy atom. The molecule has 1 rings (SSSR count). The molecule has 1 amide bonds. The number of carbonyl (C=O) groups excluding carboxylic acids is 1. The van der Waals surface area contributed by atoms with E-state index in [0.29, 0.717) is 12.8 Å². The van der Waals surface area contributed by atoms with Crippen molar-refractivity contribution in [3.8, 4) is 0 Å². The van der Waals surface area contributed by atoms with Crippen molar-refractivity contribution < 1.29 is 4.79 Å². The maximum absolute atomic E-state index is 11.6. The molecule has 0 aliphatic heterocycles. The lowest BCUT2D eigenvalue weighted by Gasteiger charge is -2.17. The van der Waals surface area contributed by atoms with E-state index < -0.39 is 0 Å². The van der Waals surface area contributed by atoms with Crippen LogP contribution in [0.5, 0.6) is 0 Å². The van der Waals surface area contributed by atoms with Gasteiger partial charge in [-0.05, 0) is 27.2 Å². The minimum Gasteiger partial charge on any atom is -0.326 e. The van der Waals surface area contributed by atoms with Crippen molar-refractivity contribution in [1.82, 2.24) is 9.78 Å². The maximum atomic E-state index is 11.6. The van der Waals surface area contributed by atoms with Crippen LogP contribution in [0.25, 0.3) is 0 Å². The number of hydrogen-bond donors (Lipinski definition) is 2. The van der Waals surface area contributed by atoms with Crippen molar-refractivity contribution in [1.29, 1.82) is 0 Å². The standard InChI is InChI=1S/C11H20N4O/c1-8-9(7-15(4)14-8)13-10(16)5-6-11(2,3)12/h7H,5-6,12H2,1-4H3,(H,13,16). The lowest BCUT2D eigenvalue weighted by Crippen LogP contribution is -2.33. The molecule has 3 N–H and O–H groups in total. The predicted molar refractivity (Wildman–Crippen MR) is 64.1 cm³/mol. The molecular weight excluding hydrogens is 204 g/mol. The SMILES string of the molecule is Cc1nn(C)cc1NC(=O)CCC(C)(C)N. The summed E-state index contributed by atoms with van der Waals surface area (Å²) in [5.41, 5.74) is 7.10. The fraction of sp³-hybridized carbons (Fsp3) is 0.636. The third-order valence-electron chi connectivity index (χ3n) is 2.28. The van der Waals surface area contributed by atoms with Crippen molar-refractivity contribution in [2.24, 2.45) is 12.8 Å². The van der Waals surface area contributed by atoms with Gasteiger partial charge in [0.1, 0.15) is 0 Å². The van der Waals surface area contributed by atoms with Crippen molar-refractivity contribution in [2.45, 2.75) is 39.2 Å². The summed E-state index contributed by atoms with van der Waals surface area (Å²) in [7, 11) is 1.83. The summed E-state index contributed by atoms with van der Waals surface area (Å²) in [4.78, 5) is 11.6. The van der Waals surface area contributed by atoms with Crippen LogP contribution in [0.15, 0.2) is 6.20 Å². The third-order valence-corrected chi connectivity index (χ3v) is 2.28. The van der Waals surface area contributed by atoms with Crippen LogP contribution in [0, 0.1) is 6.92 Å². The Morgan fingerprint density at radius 2 is 2.25 bits per heavy atom. The van der Waals surface area contributed by atoms with E-state index in [4.69, 9.17) is 5.73 Å².